The van der Waals surface area contributed by atoms with E-state index in [1.165, 1.54) is 33.5 Å². The Morgan fingerprint density at radius 2 is 1.84 bits per heavy atom. The van der Waals surface area contributed by atoms with E-state index in [2.05, 4.69) is 20.3 Å². The molecule has 10 heteroatoms. The molecule has 2 amide bonds. The topological polar surface area (TPSA) is 119 Å². The predicted octanol–water partition coefficient (Wildman–Crippen LogP) is 2.79. The van der Waals surface area contributed by atoms with Gasteiger partial charge in [-0.1, -0.05) is 0 Å². The number of carbonyl (C=O) groups is 2. The molecule has 0 radical (unpaired) electrons. The molecule has 32 heavy (non-hydrogen) atoms. The number of esters is 1. The highest BCUT2D eigenvalue weighted by Crippen LogP contribution is 2.36. The molecule has 1 atom stereocenters. The van der Waals surface area contributed by atoms with E-state index in [1.54, 1.807) is 23.6 Å². The van der Waals surface area contributed by atoms with Crippen molar-refractivity contribution in [3.05, 3.63) is 65.5 Å². The molecule has 0 fully saturated rings. The normalized spacial score (nSPS) is 15.0. The second kappa shape index (κ2) is 8.96. The lowest BCUT2D eigenvalue weighted by atomic mass is 9.97. The first kappa shape index (κ1) is 21.2. The fourth-order valence-corrected chi connectivity index (χ4v) is 3.83. The number of urea groups is 1. The van der Waals surface area contributed by atoms with Gasteiger partial charge in [0, 0.05) is 43.2 Å². The van der Waals surface area contributed by atoms with Crippen molar-refractivity contribution in [2.45, 2.75) is 12.5 Å². The summed E-state index contributed by atoms with van der Waals surface area (Å²) in [5.74, 6) is 0.106. The molecule has 0 unspecified atom stereocenters. The molecule has 3 aromatic rings. The highest BCUT2D eigenvalue weighted by atomic mass is 16.5. The molecule has 1 aliphatic rings. The van der Waals surface area contributed by atoms with Crippen molar-refractivity contribution in [2.75, 3.05) is 33.2 Å². The first-order valence-electron chi connectivity index (χ1n) is 9.91. The van der Waals surface area contributed by atoms with Gasteiger partial charge in [0.1, 0.15) is 6.04 Å². The van der Waals surface area contributed by atoms with Gasteiger partial charge in [-0.25, -0.2) is 14.6 Å². The standard InChI is InChI=1S/C22H23N5O5/c1-30-17-10-14(21(28)32-3)16(11-18(17)31-2)26-22(29)27-9-6-15-19(25-12-24-15)20(27)13-4-7-23-8-5-13/h4-5,7-8,10-12,20H,6,9H2,1-3H3,(H,24,25)(H,26,29)/t20-/m0/s1. The van der Waals surface area contributed by atoms with Crippen LogP contribution in [0.2, 0.25) is 0 Å². The Balaban J connectivity index is 1.71. The number of nitrogens with one attached hydrogen (secondary N) is 2. The van der Waals surface area contributed by atoms with E-state index in [4.69, 9.17) is 14.2 Å². The predicted molar refractivity (Wildman–Crippen MR) is 115 cm³/mol. The number of aromatic nitrogens is 3. The fraction of sp³-hybridized carbons (Fsp3) is 0.273. The lowest BCUT2D eigenvalue weighted by Crippen LogP contribution is -2.43. The van der Waals surface area contributed by atoms with Gasteiger partial charge in [0.2, 0.25) is 0 Å². The van der Waals surface area contributed by atoms with Gasteiger partial charge in [-0.15, -0.1) is 0 Å². The molecular weight excluding hydrogens is 414 g/mol. The minimum Gasteiger partial charge on any atom is -0.493 e. The third kappa shape index (κ3) is 3.82. The molecule has 1 aromatic carbocycles. The van der Waals surface area contributed by atoms with Crippen LogP contribution in [0.1, 0.15) is 33.4 Å². The van der Waals surface area contributed by atoms with Crippen LogP contribution in [0.5, 0.6) is 11.5 Å². The zero-order valence-electron chi connectivity index (χ0n) is 17.9. The summed E-state index contributed by atoms with van der Waals surface area (Å²) in [5.41, 5.74) is 3.04. The number of benzene rings is 1. The van der Waals surface area contributed by atoms with Crippen LogP contribution >= 0.6 is 0 Å². The molecule has 166 valence electrons. The number of aromatic amines is 1. The van der Waals surface area contributed by atoms with Gasteiger partial charge in [0.05, 0.1) is 44.6 Å². The van der Waals surface area contributed by atoms with Crippen LogP contribution in [0.25, 0.3) is 0 Å². The van der Waals surface area contributed by atoms with Crippen LogP contribution in [0, 0.1) is 0 Å². The summed E-state index contributed by atoms with van der Waals surface area (Å²) in [4.78, 5) is 39.2. The Labute approximate surface area is 184 Å². The number of H-pyrrole nitrogens is 1. The maximum Gasteiger partial charge on any atom is 0.340 e. The molecule has 1 aliphatic heterocycles. The zero-order valence-corrected chi connectivity index (χ0v) is 17.9. The Bertz CT molecular complexity index is 1130. The number of imidazole rings is 1. The van der Waals surface area contributed by atoms with E-state index in [1.807, 2.05) is 12.1 Å². The number of carbonyl (C=O) groups excluding carboxylic acids is 2. The van der Waals surface area contributed by atoms with Crippen molar-refractivity contribution in [3.8, 4) is 11.5 Å². The summed E-state index contributed by atoms with van der Waals surface area (Å²) < 4.78 is 15.5. The minimum atomic E-state index is -0.611. The summed E-state index contributed by atoms with van der Waals surface area (Å²) in [6, 6.07) is 5.92. The first-order valence-corrected chi connectivity index (χ1v) is 9.91. The molecule has 0 bridgehead atoms. The average molecular weight is 437 g/mol. The lowest BCUT2D eigenvalue weighted by Gasteiger charge is -2.35. The van der Waals surface area contributed by atoms with Crippen molar-refractivity contribution >= 4 is 17.7 Å². The number of rotatable bonds is 5. The quantitative estimate of drug-likeness (QED) is 0.589. The van der Waals surface area contributed by atoms with Crippen LogP contribution in [-0.4, -0.2) is 59.7 Å². The molecular formula is C22H23N5O5. The van der Waals surface area contributed by atoms with Crippen molar-refractivity contribution in [3.63, 3.8) is 0 Å². The third-order valence-electron chi connectivity index (χ3n) is 5.38. The summed E-state index contributed by atoms with van der Waals surface area (Å²) >= 11 is 0. The number of amides is 2. The van der Waals surface area contributed by atoms with Crippen LogP contribution in [0.4, 0.5) is 10.5 Å². The molecule has 2 aromatic heterocycles. The van der Waals surface area contributed by atoms with Gasteiger partial charge in [0.15, 0.2) is 11.5 Å². The fourth-order valence-electron chi connectivity index (χ4n) is 3.83. The number of nitrogens with zero attached hydrogens (tertiary/aromatic N) is 3. The summed E-state index contributed by atoms with van der Waals surface area (Å²) in [7, 11) is 4.21. The molecule has 2 N–H and O–H groups in total. The van der Waals surface area contributed by atoms with E-state index < -0.39 is 18.0 Å². The number of pyridine rings is 1. The van der Waals surface area contributed by atoms with Gasteiger partial charge in [0.25, 0.3) is 0 Å². The van der Waals surface area contributed by atoms with E-state index in [0.717, 1.165) is 17.0 Å². The van der Waals surface area contributed by atoms with E-state index in [9.17, 15) is 9.59 Å². The Hall–Kier alpha value is -4.08. The van der Waals surface area contributed by atoms with Crippen LogP contribution in [0.3, 0.4) is 0 Å². The van der Waals surface area contributed by atoms with Gasteiger partial charge in [-0.05, 0) is 17.7 Å². The monoisotopic (exact) mass is 437 g/mol. The molecule has 3 heterocycles. The van der Waals surface area contributed by atoms with E-state index in [-0.39, 0.29) is 11.3 Å². The van der Waals surface area contributed by atoms with Crippen LogP contribution < -0.4 is 14.8 Å². The molecule has 0 spiro atoms. The first-order chi connectivity index (χ1) is 15.6. The highest BCUT2D eigenvalue weighted by Gasteiger charge is 2.34. The molecule has 4 rings (SSSR count). The smallest absolute Gasteiger partial charge is 0.340 e. The van der Waals surface area contributed by atoms with Crippen molar-refractivity contribution in [1.29, 1.82) is 0 Å². The van der Waals surface area contributed by atoms with Gasteiger partial charge < -0.3 is 29.4 Å². The SMILES string of the molecule is COC(=O)c1cc(OC)c(OC)cc1NC(=O)N1CCc2[nH]cnc2[C@@H]1c1ccncc1. The maximum absolute atomic E-state index is 13.4. The van der Waals surface area contributed by atoms with Crippen LogP contribution in [0.15, 0.2) is 43.0 Å². The van der Waals surface area contributed by atoms with Gasteiger partial charge in [-0.3, -0.25) is 4.98 Å². The number of fused-ring (bicyclic) bond motifs is 1. The van der Waals surface area contributed by atoms with E-state index >= 15 is 0 Å². The highest BCUT2D eigenvalue weighted by molar-refractivity contribution is 6.02. The van der Waals surface area contributed by atoms with Crippen molar-refractivity contribution < 1.29 is 23.8 Å². The maximum atomic E-state index is 13.4. The molecule has 0 aliphatic carbocycles. The minimum absolute atomic E-state index is 0.149. The summed E-state index contributed by atoms with van der Waals surface area (Å²) in [6.45, 7) is 0.453. The zero-order chi connectivity index (χ0) is 22.7. The second-order valence-corrected chi connectivity index (χ2v) is 7.07. The number of ether oxygens (including phenoxy) is 3. The number of methoxy groups -OCH3 is 3. The number of hydrogen-bond donors (Lipinski definition) is 2. The Morgan fingerprint density at radius 3 is 2.53 bits per heavy atom. The largest absolute Gasteiger partial charge is 0.493 e. The molecule has 0 saturated carbocycles. The van der Waals surface area contributed by atoms with Gasteiger partial charge in [-0.2, -0.15) is 0 Å². The summed E-state index contributed by atoms with van der Waals surface area (Å²) in [5, 5.41) is 2.84. The Kier molecular flexibility index (Phi) is 5.93. The van der Waals surface area contributed by atoms with E-state index in [0.29, 0.717) is 24.5 Å². The molecule has 0 saturated heterocycles. The van der Waals surface area contributed by atoms with Crippen molar-refractivity contribution in [2.24, 2.45) is 0 Å². The Morgan fingerprint density at radius 1 is 1.12 bits per heavy atom. The summed E-state index contributed by atoms with van der Waals surface area (Å²) in [6.07, 6.45) is 5.61. The van der Waals surface area contributed by atoms with Crippen LogP contribution in [-0.2, 0) is 11.2 Å². The third-order valence-corrected chi connectivity index (χ3v) is 5.38. The molecule has 10 nitrogen and oxygen atoms in total. The number of anilines is 1. The average Bonchev–Trinajstić information content (AvgIpc) is 3.32. The number of hydrogen-bond acceptors (Lipinski definition) is 7. The second-order valence-electron chi connectivity index (χ2n) is 7.07. The van der Waals surface area contributed by atoms with Gasteiger partial charge >= 0.3 is 12.0 Å². The lowest BCUT2D eigenvalue weighted by molar-refractivity contribution is 0.0601. The van der Waals surface area contributed by atoms with Crippen molar-refractivity contribution in [1.82, 2.24) is 19.9 Å².